The van der Waals surface area contributed by atoms with E-state index in [2.05, 4.69) is 4.98 Å². The molecule has 1 heterocycles. The highest BCUT2D eigenvalue weighted by atomic mass is 35.7. The van der Waals surface area contributed by atoms with Gasteiger partial charge in [0.15, 0.2) is 5.03 Å². The number of pyridine rings is 1. The Bertz CT molecular complexity index is 492. The normalized spacial score (nSPS) is 12.1. The summed E-state index contributed by atoms with van der Waals surface area (Å²) in [5.74, 6) is 0. The summed E-state index contributed by atoms with van der Waals surface area (Å²) in [6, 6.07) is 0.866. The molecule has 84 valence electrons. The number of nitrogens with zero attached hydrogens (tertiary/aromatic N) is 1. The highest BCUT2D eigenvalue weighted by Gasteiger charge is 2.22. The molecular formula is C6H4Cl2F2N2O2S. The summed E-state index contributed by atoms with van der Waals surface area (Å²) in [7, 11) is 0.672. The van der Waals surface area contributed by atoms with Gasteiger partial charge in [0.2, 0.25) is 0 Å². The first kappa shape index (κ1) is 12.4. The van der Waals surface area contributed by atoms with E-state index in [0.717, 1.165) is 6.07 Å². The van der Waals surface area contributed by atoms with Crippen molar-refractivity contribution in [3.63, 3.8) is 0 Å². The van der Waals surface area contributed by atoms with E-state index in [1.54, 1.807) is 0 Å². The standard InChI is InChI=1S/C6H4Cl2F2N2O2S/c7-2-1-3(11)6(15(8,13)14)12-4(2)5(9)10/h1,5H,11H2. The quantitative estimate of drug-likeness (QED) is 0.841. The molecule has 2 N–H and O–H groups in total. The molecule has 0 spiro atoms. The first-order valence-corrected chi connectivity index (χ1v) is 6.11. The number of hydrogen-bond donors (Lipinski definition) is 1. The van der Waals surface area contributed by atoms with E-state index < -0.39 is 31.2 Å². The van der Waals surface area contributed by atoms with Crippen LogP contribution in [0.25, 0.3) is 0 Å². The van der Waals surface area contributed by atoms with Gasteiger partial charge in [0.25, 0.3) is 15.5 Å². The third-order valence-electron chi connectivity index (χ3n) is 1.43. The summed E-state index contributed by atoms with van der Waals surface area (Å²) in [6.45, 7) is 0. The summed E-state index contributed by atoms with van der Waals surface area (Å²) >= 11 is 5.39. The number of hydrogen-bond acceptors (Lipinski definition) is 4. The Morgan fingerprint density at radius 2 is 2.00 bits per heavy atom. The summed E-state index contributed by atoms with van der Waals surface area (Å²) in [4.78, 5) is 3.12. The maximum atomic E-state index is 12.3. The molecule has 15 heavy (non-hydrogen) atoms. The SMILES string of the molecule is Nc1cc(Cl)c(C(F)F)nc1S(=O)(=O)Cl. The molecule has 0 aliphatic rings. The number of rotatable bonds is 2. The second-order valence-electron chi connectivity index (χ2n) is 2.49. The molecule has 0 atom stereocenters. The predicted octanol–water partition coefficient (Wildman–Crippen LogP) is 2.18. The number of nitrogens with two attached hydrogens (primary N) is 1. The van der Waals surface area contributed by atoms with Gasteiger partial charge in [0, 0.05) is 10.7 Å². The van der Waals surface area contributed by atoms with Crippen molar-refractivity contribution in [3.8, 4) is 0 Å². The highest BCUT2D eigenvalue weighted by molar-refractivity contribution is 8.13. The van der Waals surface area contributed by atoms with Crippen LogP contribution in [0.4, 0.5) is 14.5 Å². The van der Waals surface area contributed by atoms with Crippen molar-refractivity contribution in [1.29, 1.82) is 0 Å². The number of aromatic nitrogens is 1. The first-order chi connectivity index (χ1) is 6.73. The zero-order valence-electron chi connectivity index (χ0n) is 6.92. The van der Waals surface area contributed by atoms with E-state index in [4.69, 9.17) is 28.0 Å². The lowest BCUT2D eigenvalue weighted by atomic mass is 10.3. The maximum Gasteiger partial charge on any atom is 0.281 e. The van der Waals surface area contributed by atoms with Crippen LogP contribution in [-0.4, -0.2) is 13.4 Å². The van der Waals surface area contributed by atoms with Crippen molar-refractivity contribution in [1.82, 2.24) is 4.98 Å². The van der Waals surface area contributed by atoms with E-state index in [1.807, 2.05) is 0 Å². The second kappa shape index (κ2) is 4.07. The van der Waals surface area contributed by atoms with Crippen molar-refractivity contribution in [2.24, 2.45) is 0 Å². The van der Waals surface area contributed by atoms with Crippen molar-refractivity contribution in [2.75, 3.05) is 5.73 Å². The van der Waals surface area contributed by atoms with Crippen LogP contribution in [0.1, 0.15) is 12.1 Å². The molecule has 0 radical (unpaired) electrons. The Morgan fingerprint density at radius 1 is 1.47 bits per heavy atom. The van der Waals surface area contributed by atoms with Crippen molar-refractivity contribution < 1.29 is 17.2 Å². The minimum atomic E-state index is -4.26. The third-order valence-corrected chi connectivity index (χ3v) is 2.96. The number of halogens is 4. The molecule has 0 saturated carbocycles. The van der Waals surface area contributed by atoms with Crippen LogP contribution in [0, 0.1) is 0 Å². The molecule has 9 heteroatoms. The van der Waals surface area contributed by atoms with Crippen LogP contribution < -0.4 is 5.73 Å². The number of alkyl halides is 2. The maximum absolute atomic E-state index is 12.3. The molecule has 0 aromatic carbocycles. The fraction of sp³-hybridized carbons (Fsp3) is 0.167. The van der Waals surface area contributed by atoms with Gasteiger partial charge < -0.3 is 5.73 Å². The molecule has 0 bridgehead atoms. The van der Waals surface area contributed by atoms with Gasteiger partial charge in [-0.1, -0.05) is 11.6 Å². The Morgan fingerprint density at radius 3 is 2.40 bits per heavy atom. The first-order valence-electron chi connectivity index (χ1n) is 3.42. The number of anilines is 1. The van der Waals surface area contributed by atoms with E-state index in [9.17, 15) is 17.2 Å². The summed E-state index contributed by atoms with van der Waals surface area (Å²) in [5, 5.41) is -1.23. The molecule has 4 nitrogen and oxygen atoms in total. The van der Waals surface area contributed by atoms with Gasteiger partial charge in [-0.3, -0.25) is 0 Å². The topological polar surface area (TPSA) is 73.0 Å². The third kappa shape index (κ3) is 2.67. The zero-order valence-corrected chi connectivity index (χ0v) is 9.24. The monoisotopic (exact) mass is 276 g/mol. The average Bonchev–Trinajstić information content (AvgIpc) is 2.00. The number of nitrogen functional groups attached to an aromatic ring is 1. The van der Waals surface area contributed by atoms with E-state index in [1.165, 1.54) is 0 Å². The zero-order chi connectivity index (χ0) is 11.8. The molecule has 0 amide bonds. The highest BCUT2D eigenvalue weighted by Crippen LogP contribution is 2.30. The van der Waals surface area contributed by atoms with Crippen molar-refractivity contribution in [2.45, 2.75) is 11.5 Å². The Kier molecular flexibility index (Phi) is 3.37. The van der Waals surface area contributed by atoms with Gasteiger partial charge in [-0.2, -0.15) is 0 Å². The molecule has 1 rings (SSSR count). The lowest BCUT2D eigenvalue weighted by molar-refractivity contribution is 0.145. The van der Waals surface area contributed by atoms with Crippen LogP contribution in [0.2, 0.25) is 5.02 Å². The fourth-order valence-corrected chi connectivity index (χ4v) is 2.01. The molecule has 0 aliphatic heterocycles. The smallest absolute Gasteiger partial charge is 0.281 e. The largest absolute Gasteiger partial charge is 0.396 e. The van der Waals surface area contributed by atoms with Crippen LogP contribution in [-0.2, 0) is 9.05 Å². The predicted molar refractivity (Wildman–Crippen MR) is 51.7 cm³/mol. The summed E-state index contributed by atoms with van der Waals surface area (Å²) < 4.78 is 46.4. The average molecular weight is 277 g/mol. The van der Waals surface area contributed by atoms with Gasteiger partial charge in [0.1, 0.15) is 5.69 Å². The lowest BCUT2D eigenvalue weighted by Gasteiger charge is -2.06. The molecule has 0 fully saturated rings. The summed E-state index contributed by atoms with van der Waals surface area (Å²) in [5.41, 5.74) is 3.98. The molecular weight excluding hydrogens is 273 g/mol. The Labute approximate surface area is 93.4 Å². The van der Waals surface area contributed by atoms with Crippen LogP contribution in [0.3, 0.4) is 0 Å². The fourth-order valence-electron chi connectivity index (χ4n) is 0.848. The molecule has 0 saturated heterocycles. The lowest BCUT2D eigenvalue weighted by Crippen LogP contribution is -2.05. The molecule has 1 aromatic rings. The Hall–Kier alpha value is -0.660. The van der Waals surface area contributed by atoms with E-state index >= 15 is 0 Å². The molecule has 0 unspecified atom stereocenters. The van der Waals surface area contributed by atoms with Crippen molar-refractivity contribution in [3.05, 3.63) is 16.8 Å². The van der Waals surface area contributed by atoms with Crippen LogP contribution >= 0.6 is 22.3 Å². The van der Waals surface area contributed by atoms with Crippen LogP contribution in [0.15, 0.2) is 11.1 Å². The Balaban J connectivity index is 3.50. The van der Waals surface area contributed by atoms with Crippen molar-refractivity contribution >= 4 is 37.0 Å². The van der Waals surface area contributed by atoms with Crippen LogP contribution in [0.5, 0.6) is 0 Å². The minimum Gasteiger partial charge on any atom is -0.396 e. The minimum absolute atomic E-state index is 0.376. The molecule has 1 aromatic heterocycles. The summed E-state index contributed by atoms with van der Waals surface area (Å²) in [6.07, 6.45) is -3.00. The van der Waals surface area contributed by atoms with Gasteiger partial charge in [0.05, 0.1) is 10.7 Å². The van der Waals surface area contributed by atoms with E-state index in [-0.39, 0.29) is 5.69 Å². The van der Waals surface area contributed by atoms with Gasteiger partial charge in [-0.25, -0.2) is 22.2 Å². The van der Waals surface area contributed by atoms with Gasteiger partial charge in [-0.15, -0.1) is 0 Å². The second-order valence-corrected chi connectivity index (χ2v) is 5.38. The van der Waals surface area contributed by atoms with Gasteiger partial charge in [-0.05, 0) is 6.07 Å². The molecule has 0 aliphatic carbocycles. The van der Waals surface area contributed by atoms with Gasteiger partial charge >= 0.3 is 0 Å². The van der Waals surface area contributed by atoms with E-state index in [0.29, 0.717) is 0 Å².